The van der Waals surface area contributed by atoms with E-state index >= 15 is 0 Å². The molecule has 5 nitrogen and oxygen atoms in total. The molecule has 0 saturated heterocycles. The lowest BCUT2D eigenvalue weighted by Crippen LogP contribution is -1.99. The summed E-state index contributed by atoms with van der Waals surface area (Å²) < 4.78 is 16.8. The molecule has 1 heterocycles. The Balaban J connectivity index is 2.64. The molecule has 0 fully saturated rings. The van der Waals surface area contributed by atoms with Crippen molar-refractivity contribution in [1.82, 2.24) is 9.97 Å². The Labute approximate surface area is 135 Å². The SMILES string of the molecule is COc1ccc(-c2ncc(I)c(Cl)n2)c(OC)c1OC. The molecule has 0 bridgehead atoms. The monoisotopic (exact) mass is 406 g/mol. The minimum Gasteiger partial charge on any atom is -0.493 e. The number of methoxy groups -OCH3 is 3. The predicted octanol–water partition coefficient (Wildman–Crippen LogP) is 3.43. The average Bonchev–Trinajstić information content (AvgIpc) is 2.48. The van der Waals surface area contributed by atoms with Gasteiger partial charge in [-0.25, -0.2) is 9.97 Å². The number of halogens is 2. The first-order chi connectivity index (χ1) is 9.62. The second-order valence-electron chi connectivity index (χ2n) is 3.71. The highest BCUT2D eigenvalue weighted by Crippen LogP contribution is 2.43. The largest absolute Gasteiger partial charge is 0.493 e. The van der Waals surface area contributed by atoms with Gasteiger partial charge in [0.1, 0.15) is 5.15 Å². The normalized spacial score (nSPS) is 10.2. The van der Waals surface area contributed by atoms with E-state index in [1.807, 2.05) is 0 Å². The fourth-order valence-electron chi connectivity index (χ4n) is 1.75. The van der Waals surface area contributed by atoms with Crippen molar-refractivity contribution in [2.24, 2.45) is 0 Å². The molecule has 0 aliphatic heterocycles. The first-order valence-electron chi connectivity index (χ1n) is 5.59. The molecule has 0 radical (unpaired) electrons. The van der Waals surface area contributed by atoms with Gasteiger partial charge in [0.25, 0.3) is 0 Å². The third kappa shape index (κ3) is 2.76. The smallest absolute Gasteiger partial charge is 0.204 e. The summed E-state index contributed by atoms with van der Waals surface area (Å²) in [5, 5.41) is 0.396. The van der Waals surface area contributed by atoms with E-state index in [0.29, 0.717) is 33.8 Å². The zero-order chi connectivity index (χ0) is 14.7. The standard InChI is InChI=1S/C13H12ClIN2O3/c1-18-9-5-4-7(10(19-2)11(9)20-3)13-16-6-8(15)12(14)17-13/h4-6H,1-3H3. The molecular weight excluding hydrogens is 395 g/mol. The van der Waals surface area contributed by atoms with E-state index in [0.717, 1.165) is 3.57 Å². The van der Waals surface area contributed by atoms with Crippen LogP contribution in [0, 0.1) is 3.57 Å². The molecule has 1 aromatic heterocycles. The van der Waals surface area contributed by atoms with Crippen LogP contribution in [0.25, 0.3) is 11.4 Å². The lowest BCUT2D eigenvalue weighted by Gasteiger charge is -2.15. The highest BCUT2D eigenvalue weighted by Gasteiger charge is 2.19. The third-order valence-corrected chi connectivity index (χ3v) is 4.04. The molecule has 0 amide bonds. The summed E-state index contributed by atoms with van der Waals surface area (Å²) in [6, 6.07) is 3.57. The summed E-state index contributed by atoms with van der Waals surface area (Å²) >= 11 is 8.11. The third-order valence-electron chi connectivity index (χ3n) is 2.65. The summed E-state index contributed by atoms with van der Waals surface area (Å²) in [7, 11) is 4.66. The minimum atomic E-state index is 0.396. The Morgan fingerprint density at radius 2 is 1.75 bits per heavy atom. The van der Waals surface area contributed by atoms with E-state index in [9.17, 15) is 0 Å². The van der Waals surface area contributed by atoms with Crippen LogP contribution >= 0.6 is 34.2 Å². The van der Waals surface area contributed by atoms with Crippen LogP contribution in [0.3, 0.4) is 0 Å². The summed E-state index contributed by atoms with van der Waals surface area (Å²) in [4.78, 5) is 8.52. The minimum absolute atomic E-state index is 0.396. The Bertz CT molecular complexity index is 637. The molecule has 106 valence electrons. The second kappa shape index (κ2) is 6.45. The molecule has 0 atom stereocenters. The number of nitrogens with zero attached hydrogens (tertiary/aromatic N) is 2. The lowest BCUT2D eigenvalue weighted by molar-refractivity contribution is 0.325. The molecule has 0 saturated carbocycles. The topological polar surface area (TPSA) is 53.5 Å². The molecule has 0 N–H and O–H groups in total. The van der Waals surface area contributed by atoms with Gasteiger partial charge in [-0.15, -0.1) is 0 Å². The van der Waals surface area contributed by atoms with E-state index in [4.69, 9.17) is 25.8 Å². The van der Waals surface area contributed by atoms with E-state index in [1.165, 1.54) is 0 Å². The van der Waals surface area contributed by atoms with Gasteiger partial charge in [0.05, 0.1) is 30.5 Å². The van der Waals surface area contributed by atoms with Crippen LogP contribution in [0.4, 0.5) is 0 Å². The molecule has 1 aromatic carbocycles. The summed E-state index contributed by atoms with van der Waals surface area (Å²) in [5.41, 5.74) is 0.684. The predicted molar refractivity (Wildman–Crippen MR) is 84.9 cm³/mol. The number of hydrogen-bond donors (Lipinski definition) is 0. The van der Waals surface area contributed by atoms with Crippen LogP contribution in [0.15, 0.2) is 18.3 Å². The van der Waals surface area contributed by atoms with Crippen molar-refractivity contribution in [2.75, 3.05) is 21.3 Å². The van der Waals surface area contributed by atoms with Gasteiger partial charge in [0.15, 0.2) is 17.3 Å². The van der Waals surface area contributed by atoms with Crippen molar-refractivity contribution in [3.63, 3.8) is 0 Å². The Morgan fingerprint density at radius 1 is 1.05 bits per heavy atom. The number of aromatic nitrogens is 2. The molecule has 0 unspecified atom stereocenters. The Morgan fingerprint density at radius 3 is 2.30 bits per heavy atom. The van der Waals surface area contributed by atoms with Gasteiger partial charge < -0.3 is 14.2 Å². The maximum absolute atomic E-state index is 6.04. The van der Waals surface area contributed by atoms with Gasteiger partial charge in [-0.1, -0.05) is 11.6 Å². The fraction of sp³-hybridized carbons (Fsp3) is 0.231. The van der Waals surface area contributed by atoms with Crippen LogP contribution in [-0.4, -0.2) is 31.3 Å². The quantitative estimate of drug-likeness (QED) is 0.575. The first kappa shape index (κ1) is 15.1. The maximum atomic E-state index is 6.04. The number of benzene rings is 1. The van der Waals surface area contributed by atoms with Crippen LogP contribution in [-0.2, 0) is 0 Å². The Hall–Kier alpha value is -1.28. The summed E-state index contributed by atoms with van der Waals surface area (Å²) in [5.74, 6) is 2.04. The van der Waals surface area contributed by atoms with Crippen LogP contribution in [0.2, 0.25) is 5.15 Å². The van der Waals surface area contributed by atoms with Crippen molar-refractivity contribution in [2.45, 2.75) is 0 Å². The number of rotatable bonds is 4. The summed E-state index contributed by atoms with van der Waals surface area (Å²) in [6.07, 6.45) is 1.65. The summed E-state index contributed by atoms with van der Waals surface area (Å²) in [6.45, 7) is 0. The van der Waals surface area contributed by atoms with Gasteiger partial charge >= 0.3 is 0 Å². The average molecular weight is 407 g/mol. The van der Waals surface area contributed by atoms with Crippen LogP contribution < -0.4 is 14.2 Å². The number of hydrogen-bond acceptors (Lipinski definition) is 5. The van der Waals surface area contributed by atoms with Gasteiger partial charge in [0.2, 0.25) is 5.75 Å². The zero-order valence-corrected chi connectivity index (χ0v) is 14.0. The van der Waals surface area contributed by atoms with Gasteiger partial charge in [-0.3, -0.25) is 0 Å². The van der Waals surface area contributed by atoms with Gasteiger partial charge in [-0.2, -0.15) is 0 Å². The van der Waals surface area contributed by atoms with Gasteiger partial charge in [0, 0.05) is 6.20 Å². The highest BCUT2D eigenvalue weighted by molar-refractivity contribution is 14.1. The highest BCUT2D eigenvalue weighted by atomic mass is 127. The molecule has 0 aliphatic carbocycles. The molecule has 0 spiro atoms. The van der Waals surface area contributed by atoms with Crippen molar-refractivity contribution < 1.29 is 14.2 Å². The fourth-order valence-corrected chi connectivity index (χ4v) is 2.14. The van der Waals surface area contributed by atoms with Crippen LogP contribution in [0.1, 0.15) is 0 Å². The Kier molecular flexibility index (Phi) is 4.87. The van der Waals surface area contributed by atoms with Crippen molar-refractivity contribution >= 4 is 34.2 Å². The van der Waals surface area contributed by atoms with Crippen molar-refractivity contribution in [3.8, 4) is 28.6 Å². The molecular formula is C13H12ClIN2O3. The molecule has 2 rings (SSSR count). The van der Waals surface area contributed by atoms with E-state index in [2.05, 4.69) is 32.6 Å². The van der Waals surface area contributed by atoms with E-state index in [1.54, 1.807) is 39.7 Å². The van der Waals surface area contributed by atoms with Gasteiger partial charge in [-0.05, 0) is 34.7 Å². The molecule has 20 heavy (non-hydrogen) atoms. The van der Waals surface area contributed by atoms with Crippen molar-refractivity contribution in [3.05, 3.63) is 27.1 Å². The van der Waals surface area contributed by atoms with E-state index < -0.39 is 0 Å². The molecule has 2 aromatic rings. The van der Waals surface area contributed by atoms with Crippen LogP contribution in [0.5, 0.6) is 17.2 Å². The second-order valence-corrected chi connectivity index (χ2v) is 5.23. The molecule has 0 aliphatic rings. The number of ether oxygens (including phenoxy) is 3. The first-order valence-corrected chi connectivity index (χ1v) is 7.05. The maximum Gasteiger partial charge on any atom is 0.204 e. The zero-order valence-electron chi connectivity index (χ0n) is 11.1. The molecule has 7 heteroatoms. The van der Waals surface area contributed by atoms with Crippen molar-refractivity contribution in [1.29, 1.82) is 0 Å². The van der Waals surface area contributed by atoms with E-state index in [-0.39, 0.29) is 0 Å². The lowest BCUT2D eigenvalue weighted by atomic mass is 10.1.